The molecular formula is C18H26Si2. The third kappa shape index (κ3) is 3.30. The van der Waals surface area contributed by atoms with Crippen molar-refractivity contribution in [2.75, 3.05) is 0 Å². The molecule has 0 radical (unpaired) electrons. The van der Waals surface area contributed by atoms with Gasteiger partial charge in [0.2, 0.25) is 0 Å². The first-order valence-corrected chi connectivity index (χ1v) is 14.4. The molecule has 0 N–H and O–H groups in total. The van der Waals surface area contributed by atoms with Gasteiger partial charge in [0.05, 0.1) is 16.1 Å². The molecule has 0 unspecified atom stereocenters. The quantitative estimate of drug-likeness (QED) is 0.735. The van der Waals surface area contributed by atoms with Crippen molar-refractivity contribution in [2.24, 2.45) is 0 Å². The Morgan fingerprint density at radius 1 is 0.650 bits per heavy atom. The second kappa shape index (κ2) is 5.34. The molecule has 2 aromatic carbocycles. The van der Waals surface area contributed by atoms with E-state index in [1.807, 2.05) is 0 Å². The average molecular weight is 299 g/mol. The smallest absolute Gasteiger partial charge is 0.0656 e. The Bertz CT molecular complexity index is 587. The summed E-state index contributed by atoms with van der Waals surface area (Å²) in [6, 6.07) is 18.1. The predicted molar refractivity (Wildman–Crippen MR) is 97.8 cm³/mol. The molecule has 0 fully saturated rings. The van der Waals surface area contributed by atoms with E-state index in [0.717, 1.165) is 0 Å². The van der Waals surface area contributed by atoms with Crippen LogP contribution in [0.1, 0.15) is 0 Å². The number of hydrogen-bond acceptors (Lipinski definition) is 0. The molecule has 0 amide bonds. The van der Waals surface area contributed by atoms with Crippen LogP contribution in [0.4, 0.5) is 0 Å². The van der Waals surface area contributed by atoms with Crippen LogP contribution in [0, 0.1) is 0 Å². The summed E-state index contributed by atoms with van der Waals surface area (Å²) in [4.78, 5) is 0. The molecule has 0 aliphatic carbocycles. The summed E-state index contributed by atoms with van der Waals surface area (Å²) < 4.78 is 0. The molecule has 0 atom stereocenters. The molecule has 0 aromatic heterocycles. The normalized spacial score (nSPS) is 12.5. The van der Waals surface area contributed by atoms with Crippen molar-refractivity contribution in [3.8, 4) is 11.1 Å². The molecule has 0 spiro atoms. The first kappa shape index (κ1) is 15.3. The molecule has 0 aliphatic heterocycles. The van der Waals surface area contributed by atoms with Crippen LogP contribution in [-0.2, 0) is 0 Å². The Kier molecular flexibility index (Phi) is 4.08. The molecule has 2 heteroatoms. The van der Waals surface area contributed by atoms with Crippen molar-refractivity contribution >= 4 is 26.5 Å². The van der Waals surface area contributed by atoms with Gasteiger partial charge in [0.25, 0.3) is 0 Å². The molecule has 2 aromatic rings. The number of hydrogen-bond donors (Lipinski definition) is 0. The minimum absolute atomic E-state index is 1.26. The highest BCUT2D eigenvalue weighted by atomic mass is 28.3. The van der Waals surface area contributed by atoms with Crippen LogP contribution in [0.25, 0.3) is 11.1 Å². The van der Waals surface area contributed by atoms with E-state index >= 15 is 0 Å². The maximum atomic E-state index is 2.47. The first-order valence-electron chi connectivity index (χ1n) is 7.40. The van der Waals surface area contributed by atoms with Gasteiger partial charge in [-0.15, -0.1) is 0 Å². The second-order valence-electron chi connectivity index (χ2n) is 7.63. The summed E-state index contributed by atoms with van der Waals surface area (Å²) in [5.41, 5.74) is 2.83. The lowest BCUT2D eigenvalue weighted by atomic mass is 10.1. The van der Waals surface area contributed by atoms with Gasteiger partial charge >= 0.3 is 0 Å². The van der Waals surface area contributed by atoms with E-state index < -0.39 is 16.1 Å². The second-order valence-corrected chi connectivity index (χ2v) is 17.7. The molecule has 0 bridgehead atoms. The fraction of sp³-hybridized carbons (Fsp3) is 0.333. The van der Waals surface area contributed by atoms with E-state index in [-0.39, 0.29) is 0 Å². The van der Waals surface area contributed by atoms with Crippen molar-refractivity contribution in [3.05, 3.63) is 48.5 Å². The van der Waals surface area contributed by atoms with Gasteiger partial charge in [-0.3, -0.25) is 0 Å². The highest BCUT2D eigenvalue weighted by molar-refractivity contribution is 6.91. The van der Waals surface area contributed by atoms with Gasteiger partial charge in [-0.2, -0.15) is 0 Å². The predicted octanol–water partition coefficient (Wildman–Crippen LogP) is 4.44. The molecule has 0 saturated carbocycles. The maximum absolute atomic E-state index is 2.47. The lowest BCUT2D eigenvalue weighted by molar-refractivity contribution is 1.61. The van der Waals surface area contributed by atoms with Gasteiger partial charge in [0.1, 0.15) is 0 Å². The zero-order valence-corrected chi connectivity index (χ0v) is 15.6. The van der Waals surface area contributed by atoms with Gasteiger partial charge in [-0.05, 0) is 11.1 Å². The summed E-state index contributed by atoms with van der Waals surface area (Å²) in [7, 11) is -2.59. The molecule has 106 valence electrons. The maximum Gasteiger partial charge on any atom is 0.0784 e. The van der Waals surface area contributed by atoms with Crippen LogP contribution in [0.2, 0.25) is 39.3 Å². The average Bonchev–Trinajstić information content (AvgIpc) is 2.37. The van der Waals surface area contributed by atoms with E-state index in [0.29, 0.717) is 0 Å². The van der Waals surface area contributed by atoms with Gasteiger partial charge in [0, 0.05) is 0 Å². The molecule has 0 saturated heterocycles. The van der Waals surface area contributed by atoms with Gasteiger partial charge in [-0.1, -0.05) is 98.2 Å². The SMILES string of the molecule is C[Si](C)(C)c1ccc([Si](C)(C)C)c(-c2ccccc2)c1. The fourth-order valence-electron chi connectivity index (χ4n) is 2.52. The van der Waals surface area contributed by atoms with E-state index in [9.17, 15) is 0 Å². The van der Waals surface area contributed by atoms with E-state index in [4.69, 9.17) is 0 Å². The first-order chi connectivity index (χ1) is 9.19. The Morgan fingerprint density at radius 2 is 1.25 bits per heavy atom. The van der Waals surface area contributed by atoms with Crippen molar-refractivity contribution in [2.45, 2.75) is 39.3 Å². The van der Waals surface area contributed by atoms with Crippen molar-refractivity contribution in [1.82, 2.24) is 0 Å². The van der Waals surface area contributed by atoms with Gasteiger partial charge in [0.15, 0.2) is 0 Å². The lowest BCUT2D eigenvalue weighted by Gasteiger charge is -2.25. The van der Waals surface area contributed by atoms with Gasteiger partial charge in [-0.25, -0.2) is 0 Å². The third-order valence-corrected chi connectivity index (χ3v) is 7.87. The van der Waals surface area contributed by atoms with E-state index in [1.165, 1.54) is 11.1 Å². The summed E-state index contributed by atoms with van der Waals surface area (Å²) in [6.45, 7) is 14.6. The Hall–Kier alpha value is -1.13. The largest absolute Gasteiger partial charge is 0.0784 e. The topological polar surface area (TPSA) is 0 Å². The van der Waals surface area contributed by atoms with E-state index in [2.05, 4.69) is 87.8 Å². The molecule has 0 heterocycles. The minimum Gasteiger partial charge on any atom is -0.0656 e. The Balaban J connectivity index is 2.67. The minimum atomic E-state index is -1.33. The zero-order valence-electron chi connectivity index (χ0n) is 13.6. The Morgan fingerprint density at radius 3 is 1.75 bits per heavy atom. The van der Waals surface area contributed by atoms with Crippen molar-refractivity contribution in [1.29, 1.82) is 0 Å². The van der Waals surface area contributed by atoms with Crippen LogP contribution in [-0.4, -0.2) is 16.1 Å². The molecule has 0 nitrogen and oxygen atoms in total. The molecule has 2 rings (SSSR count). The summed E-state index contributed by atoms with van der Waals surface area (Å²) in [5.74, 6) is 0. The molecular weight excluding hydrogens is 272 g/mol. The van der Waals surface area contributed by atoms with Crippen molar-refractivity contribution in [3.63, 3.8) is 0 Å². The third-order valence-electron chi connectivity index (χ3n) is 3.78. The zero-order chi connectivity index (χ0) is 15.0. The monoisotopic (exact) mass is 298 g/mol. The van der Waals surface area contributed by atoms with Crippen LogP contribution >= 0.6 is 0 Å². The van der Waals surface area contributed by atoms with Crippen LogP contribution in [0.5, 0.6) is 0 Å². The number of rotatable bonds is 3. The van der Waals surface area contributed by atoms with Crippen LogP contribution < -0.4 is 10.4 Å². The van der Waals surface area contributed by atoms with Crippen LogP contribution in [0.3, 0.4) is 0 Å². The van der Waals surface area contributed by atoms with E-state index in [1.54, 1.807) is 10.4 Å². The lowest BCUT2D eigenvalue weighted by Crippen LogP contribution is -2.43. The number of benzene rings is 2. The molecule has 20 heavy (non-hydrogen) atoms. The molecule has 0 aliphatic rings. The highest BCUT2D eigenvalue weighted by Crippen LogP contribution is 2.20. The highest BCUT2D eigenvalue weighted by Gasteiger charge is 2.24. The summed E-state index contributed by atoms with van der Waals surface area (Å²) in [5, 5.41) is 3.13. The van der Waals surface area contributed by atoms with Crippen molar-refractivity contribution < 1.29 is 0 Å². The summed E-state index contributed by atoms with van der Waals surface area (Å²) in [6.07, 6.45) is 0. The Labute approximate surface area is 125 Å². The van der Waals surface area contributed by atoms with Gasteiger partial charge < -0.3 is 0 Å². The summed E-state index contributed by atoms with van der Waals surface area (Å²) >= 11 is 0. The standard InChI is InChI=1S/C18H26Si2/c1-19(2,3)16-12-13-18(20(4,5)6)17(14-16)15-10-8-7-9-11-15/h7-14H,1-6H3. The van der Waals surface area contributed by atoms with Crippen LogP contribution in [0.15, 0.2) is 48.5 Å². The fourth-order valence-corrected chi connectivity index (χ4v) is 5.29.